The number of nitrogens with two attached hydrogens (primary N) is 2. The van der Waals surface area contributed by atoms with Crippen LogP contribution in [0.15, 0.2) is 0 Å². The molecule has 94 valence electrons. The zero-order valence-corrected chi connectivity index (χ0v) is 11.1. The van der Waals surface area contributed by atoms with Crippen molar-refractivity contribution in [2.45, 2.75) is 78.6 Å². The molecule has 0 atom stereocenters. The summed E-state index contributed by atoms with van der Waals surface area (Å²) in [6.45, 7) is 6.92. The summed E-state index contributed by atoms with van der Waals surface area (Å²) < 4.78 is 0. The molecule has 0 rings (SSSR count). The molecule has 4 N–H and O–H groups in total. The van der Waals surface area contributed by atoms with E-state index < -0.39 is 0 Å². The maximum atomic E-state index is 4.00. The fourth-order valence-electron chi connectivity index (χ4n) is 1.69. The van der Waals surface area contributed by atoms with Crippen molar-refractivity contribution in [1.29, 1.82) is 0 Å². The topological polar surface area (TPSA) is 52.0 Å². The molecule has 0 fully saturated rings. The molecule has 0 amide bonds. The average molecular weight is 216 g/mol. The van der Waals surface area contributed by atoms with Crippen molar-refractivity contribution >= 4 is 0 Å². The van der Waals surface area contributed by atoms with E-state index in [0.29, 0.717) is 0 Å². The highest BCUT2D eigenvalue weighted by atomic mass is 15.0. The van der Waals surface area contributed by atoms with Gasteiger partial charge in [0.1, 0.15) is 0 Å². The molecule has 0 heterocycles. The molecule has 0 bridgehead atoms. The third-order valence-electron chi connectivity index (χ3n) is 2.64. The van der Waals surface area contributed by atoms with Crippen LogP contribution in [0.2, 0.25) is 0 Å². The van der Waals surface area contributed by atoms with E-state index in [1.165, 1.54) is 57.8 Å². The molecule has 0 radical (unpaired) electrons. The minimum absolute atomic E-state index is 0.903. The monoisotopic (exact) mass is 216 g/mol. The summed E-state index contributed by atoms with van der Waals surface area (Å²) in [5, 5.41) is 0. The van der Waals surface area contributed by atoms with Crippen LogP contribution in [0.5, 0.6) is 0 Å². The van der Waals surface area contributed by atoms with Gasteiger partial charge < -0.3 is 0 Å². The molecule has 2 nitrogen and oxygen atoms in total. The van der Waals surface area contributed by atoms with E-state index in [1.54, 1.807) is 0 Å². The molecule has 0 aromatic heterocycles. The van der Waals surface area contributed by atoms with E-state index in [2.05, 4.69) is 32.5 Å². The van der Waals surface area contributed by atoms with E-state index in [4.69, 9.17) is 0 Å². The van der Waals surface area contributed by atoms with Gasteiger partial charge in [-0.05, 0) is 5.92 Å². The van der Waals surface area contributed by atoms with E-state index in [0.717, 1.165) is 5.92 Å². The van der Waals surface area contributed by atoms with Gasteiger partial charge in [0, 0.05) is 0 Å². The highest BCUT2D eigenvalue weighted by Crippen LogP contribution is 2.12. The van der Waals surface area contributed by atoms with Gasteiger partial charge in [0.15, 0.2) is 0 Å². The Hall–Kier alpha value is -0.0800. The summed E-state index contributed by atoms with van der Waals surface area (Å²) >= 11 is 0. The summed E-state index contributed by atoms with van der Waals surface area (Å²) in [6.07, 6.45) is 13.0. The van der Waals surface area contributed by atoms with Crippen LogP contribution in [0.1, 0.15) is 78.6 Å². The van der Waals surface area contributed by atoms with Crippen LogP contribution in [0.4, 0.5) is 0 Å². The normalized spacial score (nSPS) is 10.0. The zero-order valence-electron chi connectivity index (χ0n) is 11.1. The van der Waals surface area contributed by atoms with Gasteiger partial charge in [0.05, 0.1) is 0 Å². The largest absolute Gasteiger partial charge is 0.274 e. The van der Waals surface area contributed by atoms with Gasteiger partial charge in [-0.15, -0.1) is 0 Å². The Morgan fingerprint density at radius 1 is 0.733 bits per heavy atom. The molecule has 0 saturated heterocycles. The fraction of sp³-hybridized carbons (Fsp3) is 1.00. The Kier molecular flexibility index (Phi) is 18.9. The zero-order chi connectivity index (χ0) is 11.9. The number of hydrazine groups is 1. The summed E-state index contributed by atoms with van der Waals surface area (Å²) in [7, 11) is 0. The lowest BCUT2D eigenvalue weighted by molar-refractivity contribution is 0.508. The van der Waals surface area contributed by atoms with Gasteiger partial charge in [-0.3, -0.25) is 11.7 Å². The van der Waals surface area contributed by atoms with Gasteiger partial charge in [-0.2, -0.15) is 0 Å². The van der Waals surface area contributed by atoms with Gasteiger partial charge in [0.25, 0.3) is 0 Å². The Balaban J connectivity index is 0. The molecular weight excluding hydrogens is 184 g/mol. The van der Waals surface area contributed by atoms with Crippen LogP contribution >= 0.6 is 0 Å². The first-order valence-electron chi connectivity index (χ1n) is 6.60. The predicted octanol–water partition coefficient (Wildman–Crippen LogP) is 3.99. The lowest BCUT2D eigenvalue weighted by Crippen LogP contribution is -2.02. The first-order valence-corrected chi connectivity index (χ1v) is 6.60. The standard InChI is InChI=1S/C13H28.H4N2/c1-4-5-6-7-8-9-10-11-12-13(2)3;1-2/h13H,4-12H2,1-3H3;1-2H2. The van der Waals surface area contributed by atoms with Gasteiger partial charge in [-0.1, -0.05) is 78.6 Å². The first kappa shape index (κ1) is 17.3. The Morgan fingerprint density at radius 3 is 1.53 bits per heavy atom. The number of hydrogen-bond acceptors (Lipinski definition) is 2. The first-order chi connectivity index (χ1) is 7.27. The van der Waals surface area contributed by atoms with Crippen molar-refractivity contribution in [3.63, 3.8) is 0 Å². The maximum absolute atomic E-state index is 4.00. The molecule has 0 aliphatic heterocycles. The lowest BCUT2D eigenvalue weighted by atomic mass is 10.0. The molecule has 15 heavy (non-hydrogen) atoms. The lowest BCUT2D eigenvalue weighted by Gasteiger charge is -2.03. The second kappa shape index (κ2) is 16.4. The van der Waals surface area contributed by atoms with Crippen LogP contribution in [-0.4, -0.2) is 0 Å². The number of hydrogen-bond donors (Lipinski definition) is 2. The third-order valence-corrected chi connectivity index (χ3v) is 2.64. The fourth-order valence-corrected chi connectivity index (χ4v) is 1.69. The summed E-state index contributed by atoms with van der Waals surface area (Å²) in [5.41, 5.74) is 0. The number of unbranched alkanes of at least 4 members (excludes halogenated alkanes) is 7. The Labute approximate surface area is 96.8 Å². The van der Waals surface area contributed by atoms with E-state index in [1.807, 2.05) is 0 Å². The van der Waals surface area contributed by atoms with E-state index in [-0.39, 0.29) is 0 Å². The van der Waals surface area contributed by atoms with Crippen molar-refractivity contribution in [3.8, 4) is 0 Å². The minimum atomic E-state index is 0.903. The van der Waals surface area contributed by atoms with Crippen LogP contribution in [-0.2, 0) is 0 Å². The third kappa shape index (κ3) is 20.1. The average Bonchev–Trinajstić information content (AvgIpc) is 2.24. The van der Waals surface area contributed by atoms with Crippen LogP contribution in [0.25, 0.3) is 0 Å². The SMILES string of the molecule is CCCCCCCCCCC(C)C.NN. The van der Waals surface area contributed by atoms with Crippen molar-refractivity contribution in [1.82, 2.24) is 0 Å². The highest BCUT2D eigenvalue weighted by molar-refractivity contribution is 4.48. The second-order valence-corrected chi connectivity index (χ2v) is 4.66. The number of rotatable bonds is 9. The van der Waals surface area contributed by atoms with Crippen molar-refractivity contribution in [3.05, 3.63) is 0 Å². The van der Waals surface area contributed by atoms with Crippen LogP contribution < -0.4 is 11.7 Å². The molecule has 0 spiro atoms. The van der Waals surface area contributed by atoms with Gasteiger partial charge in [-0.25, -0.2) is 0 Å². The molecular formula is C13H32N2. The second-order valence-electron chi connectivity index (χ2n) is 4.66. The summed E-state index contributed by atoms with van der Waals surface area (Å²) in [6, 6.07) is 0. The summed E-state index contributed by atoms with van der Waals surface area (Å²) in [4.78, 5) is 0. The highest BCUT2D eigenvalue weighted by Gasteiger charge is 1.94. The summed E-state index contributed by atoms with van der Waals surface area (Å²) in [5.74, 6) is 8.90. The molecule has 0 aliphatic rings. The predicted molar refractivity (Wildman–Crippen MR) is 70.4 cm³/mol. The van der Waals surface area contributed by atoms with Gasteiger partial charge >= 0.3 is 0 Å². The smallest absolute Gasteiger partial charge is 0.0471 e. The Bertz CT molecular complexity index is 92.5. The molecule has 0 saturated carbocycles. The van der Waals surface area contributed by atoms with Crippen LogP contribution in [0.3, 0.4) is 0 Å². The molecule has 0 aliphatic carbocycles. The van der Waals surface area contributed by atoms with Crippen molar-refractivity contribution in [2.75, 3.05) is 0 Å². The van der Waals surface area contributed by atoms with Crippen molar-refractivity contribution in [2.24, 2.45) is 17.6 Å². The van der Waals surface area contributed by atoms with Crippen LogP contribution in [0, 0.1) is 5.92 Å². The Morgan fingerprint density at radius 2 is 1.13 bits per heavy atom. The molecule has 0 unspecified atom stereocenters. The van der Waals surface area contributed by atoms with Crippen molar-refractivity contribution < 1.29 is 0 Å². The maximum Gasteiger partial charge on any atom is -0.0471 e. The molecule has 0 aromatic rings. The van der Waals surface area contributed by atoms with E-state index >= 15 is 0 Å². The minimum Gasteiger partial charge on any atom is -0.274 e. The van der Waals surface area contributed by atoms with Gasteiger partial charge in [0.2, 0.25) is 0 Å². The molecule has 2 heteroatoms. The quantitative estimate of drug-likeness (QED) is 0.348. The van der Waals surface area contributed by atoms with E-state index in [9.17, 15) is 0 Å². The molecule has 0 aromatic carbocycles.